The van der Waals surface area contributed by atoms with Crippen molar-refractivity contribution in [1.82, 2.24) is 0 Å². The highest BCUT2D eigenvalue weighted by Gasteiger charge is 2.59. The van der Waals surface area contributed by atoms with Crippen LogP contribution in [0.4, 0.5) is 4.39 Å². The first-order valence-electron chi connectivity index (χ1n) is 7.67. The summed E-state index contributed by atoms with van der Waals surface area (Å²) in [5, 5.41) is 3.57. The van der Waals surface area contributed by atoms with Crippen molar-refractivity contribution in [3.63, 3.8) is 0 Å². The van der Waals surface area contributed by atoms with E-state index in [0.717, 1.165) is 5.56 Å². The molecule has 1 aromatic carbocycles. The molecular formula is C16H20FN3O3. The molecule has 0 bridgehead atoms. The fraction of sp³-hybridized carbons (Fsp3) is 0.625. The zero-order valence-corrected chi connectivity index (χ0v) is 13.1. The topological polar surface area (TPSA) is 76.5 Å². The van der Waals surface area contributed by atoms with E-state index >= 15 is 0 Å². The quantitative estimate of drug-likeness (QED) is 0.474. The molecular weight excluding hydrogens is 301 g/mol. The number of azide groups is 1. The Hall–Kier alpha value is -1.66. The molecule has 1 aliphatic carbocycles. The predicted octanol–water partition coefficient (Wildman–Crippen LogP) is 3.37. The minimum absolute atomic E-state index is 0.189. The van der Waals surface area contributed by atoms with Gasteiger partial charge < -0.3 is 14.2 Å². The number of rotatable bonds is 5. The van der Waals surface area contributed by atoms with Crippen LogP contribution >= 0.6 is 0 Å². The molecule has 1 aliphatic heterocycles. The number of benzene rings is 1. The minimum atomic E-state index is -1.34. The summed E-state index contributed by atoms with van der Waals surface area (Å²) in [4.78, 5) is 2.75. The summed E-state index contributed by atoms with van der Waals surface area (Å²) in [6, 6.07) is 8.81. The Labute approximate surface area is 134 Å². The average Bonchev–Trinajstić information content (AvgIpc) is 2.95. The van der Waals surface area contributed by atoms with Crippen LogP contribution in [0.5, 0.6) is 0 Å². The number of hydrogen-bond donors (Lipinski definition) is 0. The van der Waals surface area contributed by atoms with E-state index in [1.165, 1.54) is 0 Å². The Balaban J connectivity index is 1.66. The molecule has 1 heterocycles. The third-order valence-electron chi connectivity index (χ3n) is 4.26. The smallest absolute Gasteiger partial charge is 0.163 e. The molecule has 2 fully saturated rings. The van der Waals surface area contributed by atoms with Crippen molar-refractivity contribution in [2.45, 2.75) is 50.7 Å². The van der Waals surface area contributed by atoms with Crippen molar-refractivity contribution in [3.05, 3.63) is 46.3 Å². The minimum Gasteiger partial charge on any atom is -0.376 e. The molecule has 3 rings (SSSR count). The predicted molar refractivity (Wildman–Crippen MR) is 81.2 cm³/mol. The van der Waals surface area contributed by atoms with Gasteiger partial charge in [-0.3, -0.25) is 0 Å². The van der Waals surface area contributed by atoms with Crippen LogP contribution in [0.3, 0.4) is 0 Å². The van der Waals surface area contributed by atoms with E-state index in [4.69, 9.17) is 19.7 Å². The zero-order valence-electron chi connectivity index (χ0n) is 13.1. The van der Waals surface area contributed by atoms with Gasteiger partial charge in [0.25, 0.3) is 0 Å². The Morgan fingerprint density at radius 2 is 1.96 bits per heavy atom. The van der Waals surface area contributed by atoms with E-state index in [-0.39, 0.29) is 6.61 Å². The van der Waals surface area contributed by atoms with Crippen molar-refractivity contribution < 1.29 is 18.6 Å². The highest BCUT2D eigenvalue weighted by atomic mass is 19.1. The molecule has 1 saturated carbocycles. The molecule has 5 atom stereocenters. The fourth-order valence-electron chi connectivity index (χ4n) is 3.29. The lowest BCUT2D eigenvalue weighted by molar-refractivity contribution is -0.166. The van der Waals surface area contributed by atoms with Gasteiger partial charge in [0.1, 0.15) is 6.17 Å². The summed E-state index contributed by atoms with van der Waals surface area (Å²) in [5.74, 6) is -1.32. The molecule has 124 valence electrons. The second-order valence-corrected chi connectivity index (χ2v) is 6.37. The summed E-state index contributed by atoms with van der Waals surface area (Å²) in [6.07, 6.45) is -2.37. The maximum absolute atomic E-state index is 14.6. The van der Waals surface area contributed by atoms with Crippen LogP contribution < -0.4 is 0 Å². The van der Waals surface area contributed by atoms with E-state index < -0.39 is 36.1 Å². The maximum atomic E-state index is 14.6. The summed E-state index contributed by atoms with van der Waals surface area (Å²) in [6.45, 7) is 4.13. The molecule has 2 aliphatic rings. The van der Waals surface area contributed by atoms with Crippen LogP contribution in [-0.2, 0) is 20.8 Å². The van der Waals surface area contributed by atoms with Crippen LogP contribution in [0, 0.1) is 5.92 Å². The van der Waals surface area contributed by atoms with E-state index in [0.29, 0.717) is 6.61 Å². The molecule has 1 saturated heterocycles. The van der Waals surface area contributed by atoms with Crippen LogP contribution in [0.1, 0.15) is 19.4 Å². The fourth-order valence-corrected chi connectivity index (χ4v) is 3.29. The van der Waals surface area contributed by atoms with Gasteiger partial charge in [0.05, 0.1) is 31.5 Å². The SMILES string of the molecule is CC1(C)O[C@@H]2[C@@H](COCc3ccccc3)[C@@H](F)[C@@H](N=[N+]=[N-])[C@@H]2O1. The molecule has 23 heavy (non-hydrogen) atoms. The lowest BCUT2D eigenvalue weighted by atomic mass is 10.1. The van der Waals surface area contributed by atoms with Gasteiger partial charge in [0, 0.05) is 10.8 Å². The van der Waals surface area contributed by atoms with Crippen LogP contribution in [0.15, 0.2) is 35.4 Å². The molecule has 0 unspecified atom stereocenters. The second-order valence-electron chi connectivity index (χ2n) is 6.37. The van der Waals surface area contributed by atoms with Crippen molar-refractivity contribution in [2.24, 2.45) is 11.0 Å². The molecule has 0 spiro atoms. The first kappa shape index (κ1) is 16.2. The van der Waals surface area contributed by atoms with Gasteiger partial charge >= 0.3 is 0 Å². The molecule has 0 N–H and O–H groups in total. The summed E-state index contributed by atoms with van der Waals surface area (Å²) >= 11 is 0. The summed E-state index contributed by atoms with van der Waals surface area (Å²) in [5.41, 5.74) is 9.69. The Kier molecular flexibility index (Phi) is 4.55. The van der Waals surface area contributed by atoms with Crippen LogP contribution in [-0.4, -0.2) is 36.8 Å². The Bertz CT molecular complexity index is 591. The number of hydrogen-bond acceptors (Lipinski definition) is 4. The van der Waals surface area contributed by atoms with Crippen LogP contribution in [0.25, 0.3) is 10.4 Å². The van der Waals surface area contributed by atoms with Crippen molar-refractivity contribution in [3.8, 4) is 0 Å². The summed E-state index contributed by atoms with van der Waals surface area (Å²) < 4.78 is 31.8. The first-order valence-corrected chi connectivity index (χ1v) is 7.67. The van der Waals surface area contributed by atoms with E-state index in [2.05, 4.69) is 10.0 Å². The largest absolute Gasteiger partial charge is 0.376 e. The van der Waals surface area contributed by atoms with Gasteiger partial charge in [-0.25, -0.2) is 4.39 Å². The average molecular weight is 321 g/mol. The lowest BCUT2D eigenvalue weighted by Gasteiger charge is -2.24. The van der Waals surface area contributed by atoms with Gasteiger partial charge in [0.15, 0.2) is 5.79 Å². The normalized spacial score (nSPS) is 34.8. The van der Waals surface area contributed by atoms with Gasteiger partial charge in [-0.05, 0) is 24.9 Å². The number of alkyl halides is 1. The van der Waals surface area contributed by atoms with E-state index in [1.54, 1.807) is 13.8 Å². The van der Waals surface area contributed by atoms with Gasteiger partial charge in [0.2, 0.25) is 0 Å². The lowest BCUT2D eigenvalue weighted by Crippen LogP contribution is -2.33. The number of nitrogens with zero attached hydrogens (tertiary/aromatic N) is 3. The van der Waals surface area contributed by atoms with E-state index in [1.807, 2.05) is 30.3 Å². The van der Waals surface area contributed by atoms with Gasteiger partial charge in [-0.2, -0.15) is 0 Å². The zero-order chi connectivity index (χ0) is 16.4. The molecule has 6 nitrogen and oxygen atoms in total. The monoisotopic (exact) mass is 321 g/mol. The second kappa shape index (κ2) is 6.45. The third-order valence-corrected chi connectivity index (χ3v) is 4.26. The Morgan fingerprint density at radius 3 is 2.65 bits per heavy atom. The Morgan fingerprint density at radius 1 is 1.26 bits per heavy atom. The van der Waals surface area contributed by atoms with Crippen molar-refractivity contribution in [1.29, 1.82) is 0 Å². The number of halogens is 1. The first-order chi connectivity index (χ1) is 11.0. The van der Waals surface area contributed by atoms with Crippen molar-refractivity contribution >= 4 is 0 Å². The molecule has 7 heteroatoms. The molecule has 0 radical (unpaired) electrons. The summed E-state index contributed by atoms with van der Waals surface area (Å²) in [7, 11) is 0. The van der Waals surface area contributed by atoms with Gasteiger partial charge in [-0.1, -0.05) is 35.4 Å². The molecule has 1 aromatic rings. The molecule has 0 amide bonds. The van der Waals surface area contributed by atoms with E-state index in [9.17, 15) is 4.39 Å². The van der Waals surface area contributed by atoms with Crippen molar-refractivity contribution in [2.75, 3.05) is 6.61 Å². The number of fused-ring (bicyclic) bond motifs is 1. The highest BCUT2D eigenvalue weighted by Crippen LogP contribution is 2.44. The number of ether oxygens (including phenoxy) is 3. The van der Waals surface area contributed by atoms with Gasteiger partial charge in [-0.15, -0.1) is 0 Å². The highest BCUT2D eigenvalue weighted by molar-refractivity contribution is 5.13. The third kappa shape index (κ3) is 3.33. The molecule has 0 aromatic heterocycles. The maximum Gasteiger partial charge on any atom is 0.163 e. The standard InChI is InChI=1S/C16H20FN3O3/c1-16(2)22-14-11(9-21-8-10-6-4-3-5-7-10)12(17)13(19-20-18)15(14)23-16/h3-7,11-15H,8-9H2,1-2H3/t11-,12+,13+,14+,15-/m0/s1. The van der Waals surface area contributed by atoms with Crippen LogP contribution in [0.2, 0.25) is 0 Å².